The highest BCUT2D eigenvalue weighted by molar-refractivity contribution is 5.00. The molecule has 82 valence electrons. The molecule has 0 aromatic carbocycles. The second kappa shape index (κ2) is 4.14. The number of rotatable bonds is 3. The van der Waals surface area contributed by atoms with E-state index in [0.29, 0.717) is 18.1 Å². The van der Waals surface area contributed by atoms with Crippen molar-refractivity contribution >= 4 is 0 Å². The first-order valence-electron chi connectivity index (χ1n) is 5.39. The Morgan fingerprint density at radius 2 is 1.64 bits per heavy atom. The van der Waals surface area contributed by atoms with Gasteiger partial charge in [-0.15, -0.1) is 0 Å². The Morgan fingerprint density at radius 1 is 1.07 bits per heavy atom. The standard InChI is InChI=1S/C10H20N2O2/c1-6(2)12-8-5-14-9-7(11-3)4-13-10(8)9/h6-12H,4-5H2,1-3H3. The van der Waals surface area contributed by atoms with E-state index < -0.39 is 0 Å². The SMILES string of the molecule is CNC1COC2C(NC(C)C)COC12. The summed E-state index contributed by atoms with van der Waals surface area (Å²) in [5.74, 6) is 0. The van der Waals surface area contributed by atoms with E-state index in [0.717, 1.165) is 13.2 Å². The van der Waals surface area contributed by atoms with Crippen molar-refractivity contribution < 1.29 is 9.47 Å². The van der Waals surface area contributed by atoms with E-state index >= 15 is 0 Å². The van der Waals surface area contributed by atoms with Gasteiger partial charge in [0.25, 0.3) is 0 Å². The fraction of sp³-hybridized carbons (Fsp3) is 1.00. The lowest BCUT2D eigenvalue weighted by molar-refractivity contribution is 0.0655. The van der Waals surface area contributed by atoms with Crippen molar-refractivity contribution in [2.75, 3.05) is 20.3 Å². The molecule has 0 bridgehead atoms. The molecule has 0 radical (unpaired) electrons. The minimum atomic E-state index is 0.231. The number of fused-ring (bicyclic) bond motifs is 1. The predicted octanol–water partition coefficient (Wildman–Crippen LogP) is -0.261. The van der Waals surface area contributed by atoms with Crippen LogP contribution in [0, 0.1) is 0 Å². The Kier molecular flexibility index (Phi) is 3.07. The maximum atomic E-state index is 5.74. The first kappa shape index (κ1) is 10.4. The van der Waals surface area contributed by atoms with Gasteiger partial charge in [0.05, 0.1) is 25.3 Å². The molecule has 0 spiro atoms. The summed E-state index contributed by atoms with van der Waals surface area (Å²) in [6.07, 6.45) is 0.464. The van der Waals surface area contributed by atoms with Gasteiger partial charge in [0.2, 0.25) is 0 Å². The maximum absolute atomic E-state index is 5.74. The molecule has 2 aliphatic heterocycles. The van der Waals surface area contributed by atoms with Crippen molar-refractivity contribution in [2.24, 2.45) is 0 Å². The highest BCUT2D eigenvalue weighted by atomic mass is 16.6. The van der Waals surface area contributed by atoms with Crippen molar-refractivity contribution in [1.29, 1.82) is 0 Å². The lowest BCUT2D eigenvalue weighted by atomic mass is 10.1. The van der Waals surface area contributed by atoms with Crippen LogP contribution in [-0.2, 0) is 9.47 Å². The number of ether oxygens (including phenoxy) is 2. The highest BCUT2D eigenvalue weighted by Crippen LogP contribution is 2.26. The molecule has 2 saturated heterocycles. The van der Waals surface area contributed by atoms with Crippen molar-refractivity contribution in [2.45, 2.75) is 44.2 Å². The Bertz CT molecular complexity index is 199. The van der Waals surface area contributed by atoms with E-state index in [4.69, 9.17) is 9.47 Å². The van der Waals surface area contributed by atoms with Gasteiger partial charge in [0, 0.05) is 6.04 Å². The van der Waals surface area contributed by atoms with E-state index in [1.165, 1.54) is 0 Å². The summed E-state index contributed by atoms with van der Waals surface area (Å²) in [7, 11) is 1.96. The van der Waals surface area contributed by atoms with E-state index in [-0.39, 0.29) is 12.2 Å². The molecule has 2 aliphatic rings. The highest BCUT2D eigenvalue weighted by Gasteiger charge is 2.46. The summed E-state index contributed by atoms with van der Waals surface area (Å²) in [4.78, 5) is 0. The molecule has 4 unspecified atom stereocenters. The molecule has 0 amide bonds. The maximum Gasteiger partial charge on any atom is 0.103 e. The topological polar surface area (TPSA) is 42.5 Å². The third-order valence-electron chi connectivity index (χ3n) is 2.97. The Hall–Kier alpha value is -0.160. The summed E-state index contributed by atoms with van der Waals surface area (Å²) >= 11 is 0. The van der Waals surface area contributed by atoms with Crippen LogP contribution in [0.5, 0.6) is 0 Å². The van der Waals surface area contributed by atoms with E-state index in [1.807, 2.05) is 7.05 Å². The molecule has 0 aromatic heterocycles. The van der Waals surface area contributed by atoms with E-state index in [1.54, 1.807) is 0 Å². The molecule has 2 rings (SSSR count). The van der Waals surface area contributed by atoms with E-state index in [9.17, 15) is 0 Å². The van der Waals surface area contributed by atoms with Gasteiger partial charge >= 0.3 is 0 Å². The molecule has 14 heavy (non-hydrogen) atoms. The van der Waals surface area contributed by atoms with Gasteiger partial charge in [-0.3, -0.25) is 0 Å². The molecular weight excluding hydrogens is 180 g/mol. The average Bonchev–Trinajstić information content (AvgIpc) is 2.67. The number of nitrogens with one attached hydrogen (secondary N) is 2. The minimum absolute atomic E-state index is 0.231. The zero-order valence-electron chi connectivity index (χ0n) is 9.12. The quantitative estimate of drug-likeness (QED) is 0.658. The van der Waals surface area contributed by atoms with Gasteiger partial charge in [-0.1, -0.05) is 13.8 Å². The van der Waals surface area contributed by atoms with Gasteiger partial charge < -0.3 is 20.1 Å². The summed E-state index contributed by atoms with van der Waals surface area (Å²) in [5, 5.41) is 6.71. The van der Waals surface area contributed by atoms with Crippen LogP contribution < -0.4 is 10.6 Å². The lowest BCUT2D eigenvalue weighted by Crippen LogP contribution is -2.45. The van der Waals surface area contributed by atoms with Crippen LogP contribution in [-0.4, -0.2) is 50.6 Å². The van der Waals surface area contributed by atoms with Gasteiger partial charge in [-0.05, 0) is 7.05 Å². The Morgan fingerprint density at radius 3 is 2.21 bits per heavy atom. The lowest BCUT2D eigenvalue weighted by Gasteiger charge is -2.19. The molecule has 0 saturated carbocycles. The fourth-order valence-electron chi connectivity index (χ4n) is 2.32. The monoisotopic (exact) mass is 200 g/mol. The van der Waals surface area contributed by atoms with Crippen molar-refractivity contribution in [3.8, 4) is 0 Å². The normalized spacial score (nSPS) is 42.0. The zero-order chi connectivity index (χ0) is 10.1. The number of hydrogen-bond acceptors (Lipinski definition) is 4. The third kappa shape index (κ3) is 1.80. The van der Waals surface area contributed by atoms with Crippen LogP contribution in [0.3, 0.4) is 0 Å². The Balaban J connectivity index is 1.94. The fourth-order valence-corrected chi connectivity index (χ4v) is 2.32. The first-order valence-corrected chi connectivity index (χ1v) is 5.39. The second-order valence-corrected chi connectivity index (χ2v) is 4.42. The molecule has 4 atom stereocenters. The van der Waals surface area contributed by atoms with Gasteiger partial charge in [0.15, 0.2) is 0 Å². The minimum Gasteiger partial charge on any atom is -0.372 e. The second-order valence-electron chi connectivity index (χ2n) is 4.42. The molecular formula is C10H20N2O2. The van der Waals surface area contributed by atoms with Crippen LogP contribution in [0.25, 0.3) is 0 Å². The van der Waals surface area contributed by atoms with Crippen molar-refractivity contribution in [3.05, 3.63) is 0 Å². The largest absolute Gasteiger partial charge is 0.372 e. The van der Waals surface area contributed by atoms with Crippen molar-refractivity contribution in [3.63, 3.8) is 0 Å². The summed E-state index contributed by atoms with van der Waals surface area (Å²) in [6.45, 7) is 5.84. The molecule has 4 nitrogen and oxygen atoms in total. The number of hydrogen-bond donors (Lipinski definition) is 2. The third-order valence-corrected chi connectivity index (χ3v) is 2.97. The first-order chi connectivity index (χ1) is 6.72. The smallest absolute Gasteiger partial charge is 0.103 e. The zero-order valence-corrected chi connectivity index (χ0v) is 9.12. The van der Waals surface area contributed by atoms with E-state index in [2.05, 4.69) is 24.5 Å². The van der Waals surface area contributed by atoms with Crippen molar-refractivity contribution in [1.82, 2.24) is 10.6 Å². The molecule has 0 aliphatic carbocycles. The summed E-state index contributed by atoms with van der Waals surface area (Å²) in [6, 6.07) is 1.21. The van der Waals surface area contributed by atoms with Gasteiger partial charge in [-0.2, -0.15) is 0 Å². The Labute approximate surface area is 85.3 Å². The molecule has 4 heteroatoms. The number of likely N-dealkylation sites (N-methyl/N-ethyl adjacent to an activating group) is 1. The van der Waals surface area contributed by atoms with Crippen LogP contribution >= 0.6 is 0 Å². The molecule has 0 aromatic rings. The molecule has 2 heterocycles. The van der Waals surface area contributed by atoms with Crippen LogP contribution in [0.15, 0.2) is 0 Å². The average molecular weight is 200 g/mol. The van der Waals surface area contributed by atoms with Gasteiger partial charge in [-0.25, -0.2) is 0 Å². The molecule has 2 N–H and O–H groups in total. The van der Waals surface area contributed by atoms with Crippen LogP contribution in [0.1, 0.15) is 13.8 Å². The summed E-state index contributed by atoms with van der Waals surface area (Å²) < 4.78 is 11.5. The van der Waals surface area contributed by atoms with Gasteiger partial charge in [0.1, 0.15) is 12.2 Å². The molecule has 2 fully saturated rings. The van der Waals surface area contributed by atoms with Crippen LogP contribution in [0.2, 0.25) is 0 Å². The summed E-state index contributed by atoms with van der Waals surface area (Å²) in [5.41, 5.74) is 0. The predicted molar refractivity (Wildman–Crippen MR) is 54.4 cm³/mol. The van der Waals surface area contributed by atoms with Crippen LogP contribution in [0.4, 0.5) is 0 Å².